The van der Waals surface area contributed by atoms with E-state index in [0.717, 1.165) is 31.3 Å². The molecule has 2 unspecified atom stereocenters. The van der Waals surface area contributed by atoms with Gasteiger partial charge in [-0.1, -0.05) is 123 Å². The van der Waals surface area contributed by atoms with Gasteiger partial charge >= 0.3 is 0 Å². The Morgan fingerprint density at radius 1 is 0.974 bits per heavy atom. The molecule has 0 heteroatoms. The molecular weight excluding hydrogens is 456 g/mol. The number of hydrogen-bond donors (Lipinski definition) is 0. The van der Waals surface area contributed by atoms with Gasteiger partial charge in [0.25, 0.3) is 0 Å². The van der Waals surface area contributed by atoms with Crippen molar-refractivity contribution in [1.29, 1.82) is 0 Å². The van der Waals surface area contributed by atoms with Gasteiger partial charge in [0, 0.05) is 11.8 Å². The van der Waals surface area contributed by atoms with E-state index in [1.165, 1.54) is 66.8 Å². The van der Waals surface area contributed by atoms with Gasteiger partial charge in [-0.3, -0.25) is 0 Å². The number of hydrogen-bond acceptors (Lipinski definition) is 0. The van der Waals surface area contributed by atoms with E-state index in [9.17, 15) is 0 Å². The molecule has 0 heterocycles. The van der Waals surface area contributed by atoms with Crippen LogP contribution in [0.5, 0.6) is 0 Å². The lowest BCUT2D eigenvalue weighted by atomic mass is 9.69. The summed E-state index contributed by atoms with van der Waals surface area (Å²) in [5.74, 6) is 0.594. The van der Waals surface area contributed by atoms with Crippen LogP contribution in [-0.2, 0) is 0 Å². The molecule has 0 aliphatic heterocycles. The summed E-state index contributed by atoms with van der Waals surface area (Å²) in [6.07, 6.45) is 13.5. The molecule has 2 aromatic carbocycles. The first-order valence-corrected chi connectivity index (χ1v) is 14.0. The Kier molecular flexibility index (Phi) is 7.26. The zero-order chi connectivity index (χ0) is 27.0. The minimum Gasteiger partial charge on any atom is -0.0955 e. The largest absolute Gasteiger partial charge is 0.0955 e. The van der Waals surface area contributed by atoms with Crippen LogP contribution in [-0.4, -0.2) is 0 Å². The highest BCUT2D eigenvalue weighted by Gasteiger charge is 2.40. The third-order valence-corrected chi connectivity index (χ3v) is 8.46. The van der Waals surface area contributed by atoms with Crippen molar-refractivity contribution in [2.24, 2.45) is 5.92 Å². The third kappa shape index (κ3) is 4.81. The zero-order valence-electron chi connectivity index (χ0n) is 23.5. The molecule has 0 saturated heterocycles. The van der Waals surface area contributed by atoms with E-state index in [2.05, 4.69) is 114 Å². The van der Waals surface area contributed by atoms with E-state index in [0.29, 0.717) is 5.92 Å². The molecule has 0 N–H and O–H groups in total. The Labute approximate surface area is 229 Å². The molecule has 192 valence electrons. The van der Waals surface area contributed by atoms with Gasteiger partial charge in [-0.15, -0.1) is 0 Å². The molecule has 5 rings (SSSR count). The number of fused-ring (bicyclic) bond motifs is 1. The van der Waals surface area contributed by atoms with Gasteiger partial charge in [0.2, 0.25) is 0 Å². The molecule has 2 atom stereocenters. The molecule has 0 radical (unpaired) electrons. The lowest BCUT2D eigenvalue weighted by molar-refractivity contribution is 0.619. The van der Waals surface area contributed by atoms with E-state index in [1.54, 1.807) is 0 Å². The number of allylic oxidation sites excluding steroid dienone is 13. The van der Waals surface area contributed by atoms with Gasteiger partial charge in [0.05, 0.1) is 0 Å². The lowest BCUT2D eigenvalue weighted by Crippen LogP contribution is -2.21. The second kappa shape index (κ2) is 10.6. The Morgan fingerprint density at radius 3 is 2.42 bits per heavy atom. The fourth-order valence-electron chi connectivity index (χ4n) is 6.63. The van der Waals surface area contributed by atoms with Gasteiger partial charge in [-0.25, -0.2) is 0 Å². The normalized spacial score (nSPS) is 21.8. The van der Waals surface area contributed by atoms with Crippen LogP contribution in [0.15, 0.2) is 132 Å². The van der Waals surface area contributed by atoms with Crippen LogP contribution < -0.4 is 0 Å². The van der Waals surface area contributed by atoms with Crippen molar-refractivity contribution >= 4 is 11.1 Å². The second-order valence-electron chi connectivity index (χ2n) is 11.3. The van der Waals surface area contributed by atoms with Crippen molar-refractivity contribution < 1.29 is 0 Å². The molecule has 3 aliphatic carbocycles. The molecule has 0 amide bonds. The Morgan fingerprint density at radius 2 is 1.74 bits per heavy atom. The van der Waals surface area contributed by atoms with E-state index >= 15 is 0 Å². The van der Waals surface area contributed by atoms with Gasteiger partial charge in [0.1, 0.15) is 0 Å². The molecule has 1 saturated carbocycles. The third-order valence-electron chi connectivity index (χ3n) is 8.46. The Bertz CT molecular complexity index is 1480. The van der Waals surface area contributed by atoms with Crippen LogP contribution in [0.25, 0.3) is 11.1 Å². The first-order chi connectivity index (χ1) is 18.3. The van der Waals surface area contributed by atoms with Gasteiger partial charge in [0.15, 0.2) is 0 Å². The molecule has 1 fully saturated rings. The number of aryl methyl sites for hydroxylation is 1. The van der Waals surface area contributed by atoms with Gasteiger partial charge in [-0.05, 0) is 95.7 Å². The van der Waals surface area contributed by atoms with Crippen LogP contribution >= 0.6 is 0 Å². The summed E-state index contributed by atoms with van der Waals surface area (Å²) in [6.45, 7) is 22.1. The molecule has 0 aromatic heterocycles. The SMILES string of the molecule is C=C(CCC)C1=C(C)C=C2C/C(=C\C3=CC=C(c4ccc(C(=C)C)cc4C)C3)C(=C)C2C1c1ccccc1. The van der Waals surface area contributed by atoms with Crippen LogP contribution in [0.2, 0.25) is 0 Å². The highest BCUT2D eigenvalue weighted by Crippen LogP contribution is 2.55. The number of benzene rings is 2. The summed E-state index contributed by atoms with van der Waals surface area (Å²) >= 11 is 0. The summed E-state index contributed by atoms with van der Waals surface area (Å²) in [4.78, 5) is 0. The van der Waals surface area contributed by atoms with Gasteiger partial charge in [-0.2, -0.15) is 0 Å². The highest BCUT2D eigenvalue weighted by atomic mass is 14.4. The maximum absolute atomic E-state index is 4.71. The van der Waals surface area contributed by atoms with Crippen LogP contribution in [0.3, 0.4) is 0 Å². The first-order valence-electron chi connectivity index (χ1n) is 14.0. The fraction of sp³-hybridized carbons (Fsp3) is 0.263. The molecule has 2 aromatic rings. The highest BCUT2D eigenvalue weighted by molar-refractivity contribution is 5.77. The molecular formula is C38H40. The van der Waals surface area contributed by atoms with Crippen molar-refractivity contribution in [1.82, 2.24) is 0 Å². The number of rotatable bonds is 7. The summed E-state index contributed by atoms with van der Waals surface area (Å²) in [7, 11) is 0. The van der Waals surface area contributed by atoms with Crippen molar-refractivity contribution in [3.8, 4) is 0 Å². The van der Waals surface area contributed by atoms with Crippen LogP contribution in [0.1, 0.15) is 74.6 Å². The van der Waals surface area contributed by atoms with Crippen molar-refractivity contribution in [2.75, 3.05) is 0 Å². The van der Waals surface area contributed by atoms with Gasteiger partial charge < -0.3 is 0 Å². The van der Waals surface area contributed by atoms with Crippen molar-refractivity contribution in [3.05, 3.63) is 154 Å². The average molecular weight is 497 g/mol. The van der Waals surface area contributed by atoms with E-state index in [1.807, 2.05) is 0 Å². The summed E-state index contributed by atoms with van der Waals surface area (Å²) in [5, 5.41) is 0. The minimum atomic E-state index is 0.286. The van der Waals surface area contributed by atoms with E-state index in [-0.39, 0.29) is 5.92 Å². The van der Waals surface area contributed by atoms with Crippen molar-refractivity contribution in [2.45, 2.75) is 59.3 Å². The fourth-order valence-corrected chi connectivity index (χ4v) is 6.63. The topological polar surface area (TPSA) is 0 Å². The molecule has 0 spiro atoms. The second-order valence-corrected chi connectivity index (χ2v) is 11.3. The standard InChI is InChI=1S/C38H40/c1-8-12-25(4)36-27(6)20-34-23-33(28(7)37(34)38(36)30-13-10-9-11-14-30)22-29-15-16-32(21-29)35-18-17-31(24(2)3)19-26(35)5/h9-11,13-20,22,37-38H,2,4,7-8,12,21,23H2,1,3,5-6H3/b33-22+. The summed E-state index contributed by atoms with van der Waals surface area (Å²) < 4.78 is 0. The zero-order valence-corrected chi connectivity index (χ0v) is 23.5. The predicted octanol–water partition coefficient (Wildman–Crippen LogP) is 10.6. The van der Waals surface area contributed by atoms with E-state index < -0.39 is 0 Å². The first kappa shape index (κ1) is 26.0. The smallest absolute Gasteiger partial charge is 0.0201 e. The average Bonchev–Trinajstić information content (AvgIpc) is 3.48. The van der Waals surface area contributed by atoms with Crippen LogP contribution in [0, 0.1) is 12.8 Å². The maximum atomic E-state index is 4.71. The van der Waals surface area contributed by atoms with Crippen molar-refractivity contribution in [3.63, 3.8) is 0 Å². The maximum Gasteiger partial charge on any atom is 0.0201 e. The Balaban J connectivity index is 1.42. The van der Waals surface area contributed by atoms with E-state index in [4.69, 9.17) is 6.58 Å². The quantitative estimate of drug-likeness (QED) is 0.357. The Hall–Kier alpha value is -3.64. The monoisotopic (exact) mass is 496 g/mol. The molecule has 0 nitrogen and oxygen atoms in total. The lowest BCUT2D eigenvalue weighted by Gasteiger charge is -2.34. The molecule has 38 heavy (non-hydrogen) atoms. The summed E-state index contributed by atoms with van der Waals surface area (Å²) in [5.41, 5.74) is 17.3. The predicted molar refractivity (Wildman–Crippen MR) is 166 cm³/mol. The minimum absolute atomic E-state index is 0.286. The van der Waals surface area contributed by atoms with Crippen LogP contribution in [0.4, 0.5) is 0 Å². The summed E-state index contributed by atoms with van der Waals surface area (Å²) in [6, 6.07) is 17.7. The molecule has 0 bridgehead atoms. The molecule has 3 aliphatic rings.